The van der Waals surface area contributed by atoms with Crippen molar-refractivity contribution < 1.29 is 14.3 Å². The molecule has 0 unspecified atom stereocenters. The summed E-state index contributed by atoms with van der Waals surface area (Å²) in [6.45, 7) is 2.36. The second kappa shape index (κ2) is 6.65. The van der Waals surface area contributed by atoms with Crippen LogP contribution in [0.15, 0.2) is 24.3 Å². The van der Waals surface area contributed by atoms with Gasteiger partial charge in [-0.3, -0.25) is 9.59 Å². The van der Waals surface area contributed by atoms with Crippen LogP contribution < -0.4 is 10.6 Å². The zero-order valence-electron chi connectivity index (χ0n) is 9.95. The maximum atomic E-state index is 11.3. The number of amides is 2. The van der Waals surface area contributed by atoms with Crippen LogP contribution in [0.3, 0.4) is 0 Å². The van der Waals surface area contributed by atoms with Crippen molar-refractivity contribution in [1.82, 2.24) is 5.32 Å². The van der Waals surface area contributed by atoms with E-state index in [0.29, 0.717) is 17.9 Å². The Hall–Kier alpha value is -1.88. The van der Waals surface area contributed by atoms with Crippen LogP contribution in [-0.2, 0) is 9.53 Å². The lowest BCUT2D eigenvalue weighted by molar-refractivity contribution is -0.120. The van der Waals surface area contributed by atoms with E-state index in [1.807, 2.05) is 6.92 Å². The Morgan fingerprint density at radius 1 is 1.24 bits per heavy atom. The fourth-order valence-electron chi connectivity index (χ4n) is 1.24. The predicted molar refractivity (Wildman–Crippen MR) is 65.0 cm³/mol. The quantitative estimate of drug-likeness (QED) is 0.802. The van der Waals surface area contributed by atoms with E-state index >= 15 is 0 Å². The molecule has 0 fully saturated rings. The molecule has 1 aromatic rings. The topological polar surface area (TPSA) is 67.4 Å². The smallest absolute Gasteiger partial charge is 0.251 e. The third-order valence-corrected chi connectivity index (χ3v) is 2.10. The van der Waals surface area contributed by atoms with Gasteiger partial charge in [-0.05, 0) is 31.2 Å². The van der Waals surface area contributed by atoms with Crippen LogP contribution in [0.2, 0.25) is 0 Å². The standard InChI is InChI=1S/C12H16N2O3/c1-3-17-8-11(15)14-10-6-4-9(5-7-10)12(16)13-2/h4-7H,3,8H2,1-2H3,(H,13,16)(H,14,15). The largest absolute Gasteiger partial charge is 0.372 e. The summed E-state index contributed by atoms with van der Waals surface area (Å²) in [6, 6.07) is 6.65. The molecule has 0 aromatic heterocycles. The van der Waals surface area contributed by atoms with Gasteiger partial charge < -0.3 is 15.4 Å². The molecule has 0 aliphatic rings. The lowest BCUT2D eigenvalue weighted by Crippen LogP contribution is -2.19. The SMILES string of the molecule is CCOCC(=O)Nc1ccc(C(=O)NC)cc1. The van der Waals surface area contributed by atoms with Crippen molar-refractivity contribution in [2.75, 3.05) is 25.6 Å². The summed E-state index contributed by atoms with van der Waals surface area (Å²) in [7, 11) is 1.57. The molecule has 1 rings (SSSR count). The van der Waals surface area contributed by atoms with Crippen LogP contribution in [0.25, 0.3) is 0 Å². The first-order valence-electron chi connectivity index (χ1n) is 5.37. The van der Waals surface area contributed by atoms with Crippen molar-refractivity contribution in [2.45, 2.75) is 6.92 Å². The van der Waals surface area contributed by atoms with E-state index in [1.54, 1.807) is 31.3 Å². The average Bonchev–Trinajstić information content (AvgIpc) is 2.36. The van der Waals surface area contributed by atoms with Gasteiger partial charge in [-0.2, -0.15) is 0 Å². The number of ether oxygens (including phenoxy) is 1. The Kier molecular flexibility index (Phi) is 5.16. The summed E-state index contributed by atoms with van der Waals surface area (Å²) >= 11 is 0. The van der Waals surface area contributed by atoms with Crippen LogP contribution in [0.5, 0.6) is 0 Å². The van der Waals surface area contributed by atoms with Crippen molar-refractivity contribution in [3.05, 3.63) is 29.8 Å². The minimum Gasteiger partial charge on any atom is -0.372 e. The molecule has 0 atom stereocenters. The summed E-state index contributed by atoms with van der Waals surface area (Å²) < 4.78 is 4.97. The molecular formula is C12H16N2O3. The van der Waals surface area contributed by atoms with Crippen molar-refractivity contribution in [2.24, 2.45) is 0 Å². The van der Waals surface area contributed by atoms with Gasteiger partial charge in [0.1, 0.15) is 6.61 Å². The normalized spacial score (nSPS) is 9.76. The molecule has 0 radical (unpaired) electrons. The highest BCUT2D eigenvalue weighted by Crippen LogP contribution is 2.09. The highest BCUT2D eigenvalue weighted by atomic mass is 16.5. The van der Waals surface area contributed by atoms with Crippen LogP contribution in [0, 0.1) is 0 Å². The number of carbonyl (C=O) groups is 2. The monoisotopic (exact) mass is 236 g/mol. The van der Waals surface area contributed by atoms with Gasteiger partial charge in [-0.1, -0.05) is 0 Å². The number of nitrogens with one attached hydrogen (secondary N) is 2. The first kappa shape index (κ1) is 13.2. The van der Waals surface area contributed by atoms with Crippen LogP contribution in [-0.4, -0.2) is 32.1 Å². The van der Waals surface area contributed by atoms with Crippen molar-refractivity contribution in [1.29, 1.82) is 0 Å². The number of hydrogen-bond donors (Lipinski definition) is 2. The third-order valence-electron chi connectivity index (χ3n) is 2.10. The van der Waals surface area contributed by atoms with Crippen LogP contribution >= 0.6 is 0 Å². The lowest BCUT2D eigenvalue weighted by atomic mass is 10.2. The molecule has 5 heteroatoms. The second-order valence-corrected chi connectivity index (χ2v) is 3.34. The Balaban J connectivity index is 2.56. The highest BCUT2D eigenvalue weighted by molar-refractivity contribution is 5.95. The zero-order valence-corrected chi connectivity index (χ0v) is 9.95. The summed E-state index contributed by atoms with van der Waals surface area (Å²) in [6.07, 6.45) is 0. The van der Waals surface area contributed by atoms with E-state index in [-0.39, 0.29) is 18.4 Å². The summed E-state index contributed by atoms with van der Waals surface area (Å²) in [5.74, 6) is -0.364. The molecule has 0 aliphatic carbocycles. The highest BCUT2D eigenvalue weighted by Gasteiger charge is 2.04. The minimum absolute atomic E-state index is 0.0354. The van der Waals surface area contributed by atoms with Crippen molar-refractivity contribution >= 4 is 17.5 Å². The third kappa shape index (κ3) is 4.24. The molecule has 2 N–H and O–H groups in total. The van der Waals surface area contributed by atoms with E-state index in [0.717, 1.165) is 0 Å². The van der Waals surface area contributed by atoms with Crippen LogP contribution in [0.1, 0.15) is 17.3 Å². The van der Waals surface area contributed by atoms with Gasteiger partial charge >= 0.3 is 0 Å². The Bertz CT molecular complexity index is 387. The number of rotatable bonds is 5. The van der Waals surface area contributed by atoms with E-state index in [4.69, 9.17) is 4.74 Å². The van der Waals surface area contributed by atoms with Gasteiger partial charge in [0.15, 0.2) is 0 Å². The lowest BCUT2D eigenvalue weighted by Gasteiger charge is -2.06. The fraction of sp³-hybridized carbons (Fsp3) is 0.333. The van der Waals surface area contributed by atoms with Gasteiger partial charge in [-0.15, -0.1) is 0 Å². The molecule has 92 valence electrons. The first-order valence-corrected chi connectivity index (χ1v) is 5.37. The van der Waals surface area contributed by atoms with Crippen LogP contribution in [0.4, 0.5) is 5.69 Å². The Labute approximate surface area is 100 Å². The van der Waals surface area contributed by atoms with Gasteiger partial charge in [0.05, 0.1) is 0 Å². The van der Waals surface area contributed by atoms with Gasteiger partial charge in [0.2, 0.25) is 5.91 Å². The van der Waals surface area contributed by atoms with E-state index in [2.05, 4.69) is 10.6 Å². The molecule has 0 bridgehead atoms. The summed E-state index contributed by atoms with van der Waals surface area (Å²) in [5.41, 5.74) is 1.19. The van der Waals surface area contributed by atoms with Crippen molar-refractivity contribution in [3.8, 4) is 0 Å². The minimum atomic E-state index is -0.209. The molecule has 0 heterocycles. The molecule has 17 heavy (non-hydrogen) atoms. The Morgan fingerprint density at radius 2 is 1.88 bits per heavy atom. The van der Waals surface area contributed by atoms with Gasteiger partial charge in [0, 0.05) is 24.9 Å². The molecule has 0 saturated carbocycles. The zero-order chi connectivity index (χ0) is 12.7. The molecule has 0 aliphatic heterocycles. The van der Waals surface area contributed by atoms with Crippen molar-refractivity contribution in [3.63, 3.8) is 0 Å². The molecule has 5 nitrogen and oxygen atoms in total. The van der Waals surface area contributed by atoms with E-state index in [9.17, 15) is 9.59 Å². The maximum Gasteiger partial charge on any atom is 0.251 e. The molecule has 0 spiro atoms. The molecular weight excluding hydrogens is 220 g/mol. The molecule has 1 aromatic carbocycles. The predicted octanol–water partition coefficient (Wildman–Crippen LogP) is 1.02. The maximum absolute atomic E-state index is 11.3. The van der Waals surface area contributed by atoms with E-state index in [1.165, 1.54) is 0 Å². The average molecular weight is 236 g/mol. The molecule has 2 amide bonds. The number of anilines is 1. The number of carbonyl (C=O) groups excluding carboxylic acids is 2. The number of benzene rings is 1. The number of hydrogen-bond acceptors (Lipinski definition) is 3. The summed E-state index contributed by atoms with van der Waals surface area (Å²) in [5, 5.41) is 5.19. The fourth-order valence-corrected chi connectivity index (χ4v) is 1.24. The van der Waals surface area contributed by atoms with E-state index < -0.39 is 0 Å². The molecule has 0 saturated heterocycles. The Morgan fingerprint density at radius 3 is 2.41 bits per heavy atom. The first-order chi connectivity index (χ1) is 8.17. The van der Waals surface area contributed by atoms with Gasteiger partial charge in [-0.25, -0.2) is 0 Å². The summed E-state index contributed by atoms with van der Waals surface area (Å²) in [4.78, 5) is 22.6. The van der Waals surface area contributed by atoms with Gasteiger partial charge in [0.25, 0.3) is 5.91 Å². The second-order valence-electron chi connectivity index (χ2n) is 3.34.